The summed E-state index contributed by atoms with van der Waals surface area (Å²) in [5, 5.41) is 12.3. The van der Waals surface area contributed by atoms with Crippen molar-refractivity contribution in [3.05, 3.63) is 99.7 Å². The Hall–Kier alpha value is -4.67. The van der Waals surface area contributed by atoms with E-state index in [9.17, 15) is 31.1 Å². The van der Waals surface area contributed by atoms with Crippen LogP contribution in [0.3, 0.4) is 0 Å². The molecule has 0 bridgehead atoms. The van der Waals surface area contributed by atoms with Gasteiger partial charge >= 0.3 is 12.4 Å². The second-order valence-electron chi connectivity index (χ2n) is 9.97. The molecule has 2 aromatic carbocycles. The number of rotatable bonds is 8. The Morgan fingerprint density at radius 1 is 0.978 bits per heavy atom. The fraction of sp³-hybridized carbons (Fsp3) is 0.241. The van der Waals surface area contributed by atoms with Gasteiger partial charge in [-0.3, -0.25) is 14.8 Å². The van der Waals surface area contributed by atoms with Crippen molar-refractivity contribution >= 4 is 17.4 Å². The predicted octanol–water partition coefficient (Wildman–Crippen LogP) is 6.28. The molecule has 1 saturated heterocycles. The van der Waals surface area contributed by atoms with Crippen molar-refractivity contribution in [2.24, 2.45) is 0 Å². The van der Waals surface area contributed by atoms with Gasteiger partial charge in [-0.2, -0.15) is 26.3 Å². The van der Waals surface area contributed by atoms with Crippen LogP contribution in [-0.4, -0.2) is 55.4 Å². The molecule has 0 amide bonds. The van der Waals surface area contributed by atoms with Gasteiger partial charge in [-0.05, 0) is 35.9 Å². The number of carbonyl (C=O) groups excluding carboxylic acids is 1. The van der Waals surface area contributed by atoms with Crippen molar-refractivity contribution in [2.75, 3.05) is 13.2 Å². The molecule has 0 unspecified atom stereocenters. The van der Waals surface area contributed by atoms with E-state index < -0.39 is 47.7 Å². The summed E-state index contributed by atoms with van der Waals surface area (Å²) >= 11 is 6.41. The van der Waals surface area contributed by atoms with Crippen molar-refractivity contribution in [3.8, 4) is 22.7 Å². The normalized spacial score (nSPS) is 14.2. The lowest BCUT2D eigenvalue weighted by Crippen LogP contribution is -2.16. The topological polar surface area (TPSA) is 118 Å². The molecule has 0 N–H and O–H groups in total. The average Bonchev–Trinajstić information content (AvgIpc) is 3.78. The lowest BCUT2D eigenvalue weighted by molar-refractivity contribution is -0.143. The van der Waals surface area contributed by atoms with Gasteiger partial charge in [0.15, 0.2) is 17.7 Å². The molecule has 238 valence electrons. The minimum atomic E-state index is -5.07. The number of hydrogen-bond acceptors (Lipinski definition) is 9. The number of nitrogens with zero attached hydrogens (tertiary/aromatic N) is 6. The maximum Gasteiger partial charge on any atom is 0.416 e. The van der Waals surface area contributed by atoms with Crippen LogP contribution in [-0.2, 0) is 34.8 Å². The molecule has 0 saturated carbocycles. The summed E-state index contributed by atoms with van der Waals surface area (Å²) in [5.41, 5.74) is -3.54. The van der Waals surface area contributed by atoms with Gasteiger partial charge in [0.25, 0.3) is 0 Å². The van der Waals surface area contributed by atoms with E-state index in [0.29, 0.717) is 30.9 Å². The highest BCUT2D eigenvalue weighted by molar-refractivity contribution is 6.33. The Morgan fingerprint density at radius 3 is 2.30 bits per heavy atom. The number of aromatic nitrogens is 6. The summed E-state index contributed by atoms with van der Waals surface area (Å²) in [6.45, 7) is -0.00334. The number of ether oxygens (including phenoxy) is 2. The standard InChI is InChI=1S/C29H19ClF6N6O4/c30-19-4-2-1-3-18(19)27-23(20(40-46-27)12-22-44-7-8-45-22)26(43)24-25(21-13-37-5-6-38-21)42(41-39-24)14-15-9-16(28(31,32)33)11-17(10-15)29(34,35)36/h1-6,9-11,13,22H,7-8,12,14H2. The Labute approximate surface area is 259 Å². The fourth-order valence-corrected chi connectivity index (χ4v) is 5.08. The first-order chi connectivity index (χ1) is 21.9. The van der Waals surface area contributed by atoms with Gasteiger partial charge in [0.05, 0.1) is 47.7 Å². The maximum absolute atomic E-state index is 14.4. The van der Waals surface area contributed by atoms with Crippen LogP contribution in [0.25, 0.3) is 22.7 Å². The molecule has 3 aromatic heterocycles. The number of ketones is 1. The van der Waals surface area contributed by atoms with Gasteiger partial charge in [-0.25, -0.2) is 4.68 Å². The van der Waals surface area contributed by atoms with Crippen LogP contribution in [0.2, 0.25) is 5.02 Å². The minimum absolute atomic E-state index is 0.00586. The number of carbonyl (C=O) groups is 1. The largest absolute Gasteiger partial charge is 0.416 e. The molecule has 0 radical (unpaired) electrons. The van der Waals surface area contributed by atoms with Gasteiger partial charge in [0.2, 0.25) is 5.78 Å². The van der Waals surface area contributed by atoms with Crippen molar-refractivity contribution in [1.82, 2.24) is 30.1 Å². The lowest BCUT2D eigenvalue weighted by atomic mass is 9.98. The molecule has 5 aromatic rings. The van der Waals surface area contributed by atoms with Gasteiger partial charge in [0.1, 0.15) is 17.1 Å². The molecule has 0 aliphatic carbocycles. The van der Waals surface area contributed by atoms with E-state index in [1.165, 1.54) is 18.6 Å². The Balaban J connectivity index is 1.49. The highest BCUT2D eigenvalue weighted by Gasteiger charge is 2.38. The summed E-state index contributed by atoms with van der Waals surface area (Å²) in [5.74, 6) is -0.813. The predicted molar refractivity (Wildman–Crippen MR) is 146 cm³/mol. The summed E-state index contributed by atoms with van der Waals surface area (Å²) in [6.07, 6.45) is -7.04. The van der Waals surface area contributed by atoms with Crippen LogP contribution < -0.4 is 0 Å². The smallest absolute Gasteiger partial charge is 0.355 e. The highest BCUT2D eigenvalue weighted by Crippen LogP contribution is 2.38. The summed E-state index contributed by atoms with van der Waals surface area (Å²) in [7, 11) is 0. The first kappa shape index (κ1) is 31.3. The summed E-state index contributed by atoms with van der Waals surface area (Å²) in [4.78, 5) is 22.5. The van der Waals surface area contributed by atoms with Crippen LogP contribution in [0.4, 0.5) is 26.3 Å². The van der Waals surface area contributed by atoms with E-state index in [1.54, 1.807) is 24.3 Å². The molecule has 17 heteroatoms. The van der Waals surface area contributed by atoms with Crippen molar-refractivity contribution < 1.29 is 45.1 Å². The Bertz CT molecular complexity index is 1860. The number of halogens is 7. The number of alkyl halides is 6. The van der Waals surface area contributed by atoms with Crippen LogP contribution in [0.15, 0.2) is 65.6 Å². The average molecular weight is 665 g/mol. The molecule has 46 heavy (non-hydrogen) atoms. The second kappa shape index (κ2) is 12.3. The monoisotopic (exact) mass is 664 g/mol. The third-order valence-electron chi connectivity index (χ3n) is 6.89. The zero-order chi connectivity index (χ0) is 32.6. The zero-order valence-electron chi connectivity index (χ0n) is 23.1. The van der Waals surface area contributed by atoms with Crippen LogP contribution in [0, 0.1) is 0 Å². The third-order valence-corrected chi connectivity index (χ3v) is 7.22. The van der Waals surface area contributed by atoms with Gasteiger partial charge in [-0.15, -0.1) is 5.10 Å². The fourth-order valence-electron chi connectivity index (χ4n) is 4.86. The van der Waals surface area contributed by atoms with Gasteiger partial charge in [-0.1, -0.05) is 34.1 Å². The van der Waals surface area contributed by atoms with Gasteiger partial charge < -0.3 is 14.0 Å². The van der Waals surface area contributed by atoms with Crippen LogP contribution in [0.5, 0.6) is 0 Å². The van der Waals surface area contributed by atoms with Crippen molar-refractivity contribution in [1.29, 1.82) is 0 Å². The quantitative estimate of drug-likeness (QED) is 0.140. The van der Waals surface area contributed by atoms with E-state index in [4.69, 9.17) is 25.6 Å². The first-order valence-electron chi connectivity index (χ1n) is 13.4. The lowest BCUT2D eigenvalue weighted by Gasteiger charge is -2.15. The molecule has 1 aliphatic rings. The molecule has 10 nitrogen and oxygen atoms in total. The molecule has 0 atom stereocenters. The molecule has 4 heterocycles. The third kappa shape index (κ3) is 6.36. The Morgan fingerprint density at radius 2 is 1.67 bits per heavy atom. The molecule has 6 rings (SSSR count). The Kier molecular flexibility index (Phi) is 8.35. The highest BCUT2D eigenvalue weighted by atomic mass is 35.5. The van der Waals surface area contributed by atoms with E-state index in [0.717, 1.165) is 4.68 Å². The molecular weight excluding hydrogens is 646 g/mol. The van der Waals surface area contributed by atoms with Crippen LogP contribution in [0.1, 0.15) is 38.4 Å². The molecular formula is C29H19ClF6N6O4. The van der Waals surface area contributed by atoms with E-state index in [1.807, 2.05) is 0 Å². The molecule has 1 aliphatic heterocycles. The summed E-state index contributed by atoms with van der Waals surface area (Å²) < 4.78 is 99.0. The first-order valence-corrected chi connectivity index (χ1v) is 13.8. The summed E-state index contributed by atoms with van der Waals surface area (Å²) in [6, 6.07) is 7.64. The number of benzene rings is 2. The van der Waals surface area contributed by atoms with Crippen LogP contribution >= 0.6 is 11.6 Å². The molecule has 1 fully saturated rings. The SMILES string of the molecule is O=C(c1nnn(Cc2cc(C(F)(F)F)cc(C(F)(F)F)c2)c1-c1cnccn1)c1c(CC2OCCO2)noc1-c1ccccc1Cl. The van der Waals surface area contributed by atoms with E-state index in [-0.39, 0.29) is 51.6 Å². The van der Waals surface area contributed by atoms with E-state index in [2.05, 4.69) is 25.4 Å². The van der Waals surface area contributed by atoms with Gasteiger partial charge in [0, 0.05) is 24.4 Å². The maximum atomic E-state index is 14.4. The minimum Gasteiger partial charge on any atom is -0.355 e. The van der Waals surface area contributed by atoms with Crippen molar-refractivity contribution in [3.63, 3.8) is 0 Å². The number of hydrogen-bond donors (Lipinski definition) is 0. The second-order valence-corrected chi connectivity index (χ2v) is 10.4. The zero-order valence-corrected chi connectivity index (χ0v) is 23.9. The van der Waals surface area contributed by atoms with E-state index >= 15 is 0 Å². The van der Waals surface area contributed by atoms with Crippen molar-refractivity contribution in [2.45, 2.75) is 31.6 Å². The molecule has 0 spiro atoms.